The third-order valence-corrected chi connectivity index (χ3v) is 5.63. The van der Waals surface area contributed by atoms with E-state index >= 15 is 0 Å². The van der Waals surface area contributed by atoms with Crippen LogP contribution in [-0.2, 0) is 13.0 Å². The van der Waals surface area contributed by atoms with Crippen molar-refractivity contribution in [1.82, 2.24) is 0 Å². The van der Waals surface area contributed by atoms with Crippen LogP contribution >= 0.6 is 11.8 Å². The second kappa shape index (κ2) is 10.3. The lowest BCUT2D eigenvalue weighted by Gasteiger charge is -2.11. The van der Waals surface area contributed by atoms with E-state index in [9.17, 15) is 5.11 Å². The molecule has 0 spiro atoms. The van der Waals surface area contributed by atoms with E-state index in [4.69, 9.17) is 12.6 Å². The summed E-state index contributed by atoms with van der Waals surface area (Å²) in [6, 6.07) is 24.1. The molecule has 3 aromatic rings. The van der Waals surface area contributed by atoms with Crippen LogP contribution in [-0.4, -0.2) is 13.0 Å². The molecule has 0 saturated carbocycles. The molecule has 4 heteroatoms. The Morgan fingerprint density at radius 2 is 1.75 bits per heavy atom. The SMILES string of the molecule is [B]CC(C)CCc1ccc(Sc2cccc(OCc3ccccc3)c2)cc1O. The molecule has 0 aliphatic carbocycles. The van der Waals surface area contributed by atoms with E-state index in [0.29, 0.717) is 24.6 Å². The molecule has 3 rings (SSSR count). The van der Waals surface area contributed by atoms with Crippen LogP contribution in [0, 0.1) is 5.92 Å². The van der Waals surface area contributed by atoms with Crippen LogP contribution in [0.4, 0.5) is 0 Å². The van der Waals surface area contributed by atoms with E-state index in [1.54, 1.807) is 11.8 Å². The maximum atomic E-state index is 10.4. The molecular formula is C24H25BO2S. The summed E-state index contributed by atoms with van der Waals surface area (Å²) in [7, 11) is 5.67. The van der Waals surface area contributed by atoms with Gasteiger partial charge >= 0.3 is 0 Å². The quantitative estimate of drug-likeness (QED) is 0.438. The van der Waals surface area contributed by atoms with Crippen molar-refractivity contribution >= 4 is 19.6 Å². The highest BCUT2D eigenvalue weighted by Crippen LogP contribution is 2.33. The summed E-state index contributed by atoms with van der Waals surface area (Å²) in [6.45, 7) is 2.68. The average Bonchev–Trinajstić information content (AvgIpc) is 2.72. The Labute approximate surface area is 173 Å². The van der Waals surface area contributed by atoms with Crippen molar-refractivity contribution in [3.63, 3.8) is 0 Å². The number of hydrogen-bond donors (Lipinski definition) is 1. The zero-order valence-electron chi connectivity index (χ0n) is 16.2. The van der Waals surface area contributed by atoms with Crippen molar-refractivity contribution in [2.24, 2.45) is 5.92 Å². The molecule has 2 radical (unpaired) electrons. The smallest absolute Gasteiger partial charge is 0.120 e. The standard InChI is InChI=1S/C24H25BO2S/c1-18(16-25)10-11-20-12-13-23(15-24(20)26)28-22-9-5-8-21(14-22)27-17-19-6-3-2-4-7-19/h2-9,12-15,18,26H,10-11,16-17H2,1H3. The molecule has 28 heavy (non-hydrogen) atoms. The minimum atomic E-state index is 0.353. The summed E-state index contributed by atoms with van der Waals surface area (Å²) in [4.78, 5) is 2.09. The number of rotatable bonds is 9. The molecule has 2 nitrogen and oxygen atoms in total. The summed E-state index contributed by atoms with van der Waals surface area (Å²) in [5.74, 6) is 1.66. The maximum Gasteiger partial charge on any atom is 0.120 e. The zero-order valence-corrected chi connectivity index (χ0v) is 17.0. The van der Waals surface area contributed by atoms with E-state index in [-0.39, 0.29) is 0 Å². The molecule has 142 valence electrons. The second-order valence-electron chi connectivity index (χ2n) is 7.02. The highest BCUT2D eigenvalue weighted by molar-refractivity contribution is 7.99. The molecule has 0 amide bonds. The molecule has 0 saturated heterocycles. The maximum absolute atomic E-state index is 10.4. The van der Waals surface area contributed by atoms with E-state index in [2.05, 4.69) is 25.1 Å². The van der Waals surface area contributed by atoms with Crippen molar-refractivity contribution in [2.45, 2.75) is 42.5 Å². The highest BCUT2D eigenvalue weighted by Gasteiger charge is 2.07. The van der Waals surface area contributed by atoms with Crippen LogP contribution in [0.15, 0.2) is 82.6 Å². The van der Waals surface area contributed by atoms with Gasteiger partial charge in [-0.15, -0.1) is 0 Å². The van der Waals surface area contributed by atoms with Crippen molar-refractivity contribution in [1.29, 1.82) is 0 Å². The van der Waals surface area contributed by atoms with Crippen LogP contribution in [0.1, 0.15) is 24.5 Å². The summed E-state index contributed by atoms with van der Waals surface area (Å²) in [5.41, 5.74) is 2.12. The topological polar surface area (TPSA) is 29.5 Å². The van der Waals surface area contributed by atoms with E-state index in [1.165, 1.54) is 0 Å². The first kappa shape index (κ1) is 20.4. The highest BCUT2D eigenvalue weighted by atomic mass is 32.2. The molecule has 0 aromatic heterocycles. The first-order chi connectivity index (χ1) is 13.6. The Balaban J connectivity index is 1.61. The molecule has 0 bridgehead atoms. The predicted octanol–water partition coefficient (Wildman–Crippen LogP) is 6.28. The molecule has 0 aliphatic heterocycles. The van der Waals surface area contributed by atoms with E-state index in [0.717, 1.165) is 39.5 Å². The second-order valence-corrected chi connectivity index (χ2v) is 8.17. The number of aromatic hydroxyl groups is 1. The Kier molecular flexibility index (Phi) is 7.50. The fourth-order valence-electron chi connectivity index (χ4n) is 2.84. The van der Waals surface area contributed by atoms with Gasteiger partial charge in [0.15, 0.2) is 0 Å². The number of hydrogen-bond acceptors (Lipinski definition) is 3. The van der Waals surface area contributed by atoms with Gasteiger partial charge in [0.05, 0.1) is 7.85 Å². The van der Waals surface area contributed by atoms with Crippen LogP contribution in [0.5, 0.6) is 11.5 Å². The lowest BCUT2D eigenvalue weighted by atomic mass is 9.88. The van der Waals surface area contributed by atoms with E-state index < -0.39 is 0 Å². The van der Waals surface area contributed by atoms with Gasteiger partial charge in [0.1, 0.15) is 18.1 Å². The summed E-state index contributed by atoms with van der Waals surface area (Å²) < 4.78 is 5.91. The van der Waals surface area contributed by atoms with Gasteiger partial charge in [0.2, 0.25) is 0 Å². The monoisotopic (exact) mass is 388 g/mol. The molecule has 1 N–H and O–H groups in total. The van der Waals surface area contributed by atoms with Crippen molar-refractivity contribution < 1.29 is 9.84 Å². The van der Waals surface area contributed by atoms with Crippen LogP contribution in [0.3, 0.4) is 0 Å². The van der Waals surface area contributed by atoms with Crippen molar-refractivity contribution in [2.75, 3.05) is 0 Å². The molecule has 0 aliphatic rings. The normalized spacial score (nSPS) is 11.9. The largest absolute Gasteiger partial charge is 0.508 e. The fraction of sp³-hybridized carbons (Fsp3) is 0.250. The lowest BCUT2D eigenvalue weighted by Crippen LogP contribution is -1.96. The Morgan fingerprint density at radius 3 is 2.50 bits per heavy atom. The summed E-state index contributed by atoms with van der Waals surface area (Å²) >= 11 is 1.62. The van der Waals surface area contributed by atoms with E-state index in [1.807, 2.05) is 54.6 Å². The first-order valence-corrected chi connectivity index (χ1v) is 10.4. The van der Waals surface area contributed by atoms with Gasteiger partial charge in [-0.25, -0.2) is 0 Å². The summed E-state index contributed by atoms with van der Waals surface area (Å²) in [6.07, 6.45) is 2.51. The predicted molar refractivity (Wildman–Crippen MR) is 117 cm³/mol. The first-order valence-electron chi connectivity index (χ1n) is 9.60. The third-order valence-electron chi connectivity index (χ3n) is 4.66. The van der Waals surface area contributed by atoms with Gasteiger partial charge in [-0.1, -0.05) is 73.4 Å². The van der Waals surface area contributed by atoms with Crippen LogP contribution in [0.25, 0.3) is 0 Å². The molecular weight excluding hydrogens is 363 g/mol. The van der Waals surface area contributed by atoms with Gasteiger partial charge in [-0.05, 0) is 54.3 Å². The minimum Gasteiger partial charge on any atom is -0.508 e. The molecule has 1 atom stereocenters. The average molecular weight is 388 g/mol. The Morgan fingerprint density at radius 1 is 0.964 bits per heavy atom. The summed E-state index contributed by atoms with van der Waals surface area (Å²) in [5, 5.41) is 10.4. The Hall–Kier alpha value is -2.33. The molecule has 1 unspecified atom stereocenters. The van der Waals surface area contributed by atoms with Gasteiger partial charge in [0, 0.05) is 9.79 Å². The van der Waals surface area contributed by atoms with Crippen molar-refractivity contribution in [3.8, 4) is 11.5 Å². The number of phenolic OH excluding ortho intramolecular Hbond substituents is 1. The van der Waals surface area contributed by atoms with Crippen LogP contribution in [0.2, 0.25) is 6.32 Å². The van der Waals surface area contributed by atoms with Crippen molar-refractivity contribution in [3.05, 3.63) is 83.9 Å². The fourth-order valence-corrected chi connectivity index (χ4v) is 3.74. The van der Waals surface area contributed by atoms with Gasteiger partial charge in [-0.2, -0.15) is 0 Å². The van der Waals surface area contributed by atoms with Gasteiger partial charge in [0.25, 0.3) is 0 Å². The van der Waals surface area contributed by atoms with Crippen LogP contribution < -0.4 is 4.74 Å². The number of benzene rings is 3. The number of aryl methyl sites for hydroxylation is 1. The number of ether oxygens (including phenoxy) is 1. The molecule has 3 aromatic carbocycles. The molecule has 0 heterocycles. The zero-order chi connectivity index (χ0) is 19.8. The van der Waals surface area contributed by atoms with Gasteiger partial charge < -0.3 is 9.84 Å². The minimum absolute atomic E-state index is 0.353. The third kappa shape index (κ3) is 6.10. The lowest BCUT2D eigenvalue weighted by molar-refractivity contribution is 0.305. The number of phenols is 1. The Bertz CT molecular complexity index is 883. The molecule has 0 fully saturated rings. The van der Waals surface area contributed by atoms with Gasteiger partial charge in [-0.3, -0.25) is 0 Å².